The number of nitro benzene ring substituents is 6. The summed E-state index contributed by atoms with van der Waals surface area (Å²) in [6.07, 6.45) is 33.3. The van der Waals surface area contributed by atoms with Crippen molar-refractivity contribution in [3.63, 3.8) is 0 Å². The molecule has 0 saturated carbocycles. The Kier molecular flexibility index (Phi) is 35.4. The van der Waals surface area contributed by atoms with Crippen LogP contribution in [0.2, 0.25) is 0 Å². The summed E-state index contributed by atoms with van der Waals surface area (Å²) >= 11 is 0. The van der Waals surface area contributed by atoms with E-state index in [1.165, 1.54) is 98.2 Å². The number of ketones is 1. The number of ether oxygens (including phenoxy) is 2. The number of non-ortho nitro benzene ring substituents is 1. The number of hydrogen-bond acceptors (Lipinski definition) is 18. The second-order valence-electron chi connectivity index (χ2n) is 24.5. The van der Waals surface area contributed by atoms with Gasteiger partial charge in [0.05, 0.1) is 67.6 Å². The first-order valence-electron chi connectivity index (χ1n) is 34.1. The first-order chi connectivity index (χ1) is 46.8. The Morgan fingerprint density at radius 2 is 0.979 bits per heavy atom. The van der Waals surface area contributed by atoms with Crippen LogP contribution in [-0.2, 0) is 43.2 Å². The highest BCUT2D eigenvalue weighted by molar-refractivity contribution is 5.89. The van der Waals surface area contributed by atoms with E-state index < -0.39 is 106 Å². The van der Waals surface area contributed by atoms with E-state index in [1.807, 2.05) is 0 Å². The molecule has 0 atom stereocenters. The monoisotopic (exact) mass is 1350 g/mol. The summed E-state index contributed by atoms with van der Waals surface area (Å²) in [5, 5.41) is 79.8. The zero-order valence-corrected chi connectivity index (χ0v) is 56.1. The van der Waals surface area contributed by atoms with Gasteiger partial charge in [0.15, 0.2) is 18.2 Å². The first kappa shape index (κ1) is 78.5. The molecule has 0 saturated heterocycles. The van der Waals surface area contributed by atoms with Crippen LogP contribution in [0.1, 0.15) is 202 Å². The molecule has 1 aromatic heterocycles. The van der Waals surface area contributed by atoms with E-state index in [1.54, 1.807) is 0 Å². The molecule has 526 valence electrons. The van der Waals surface area contributed by atoms with Gasteiger partial charge in [-0.1, -0.05) is 146 Å². The Hall–Kier alpha value is -9.24. The van der Waals surface area contributed by atoms with Crippen molar-refractivity contribution >= 4 is 80.3 Å². The minimum atomic E-state index is -1.30. The van der Waals surface area contributed by atoms with E-state index in [-0.39, 0.29) is 44.7 Å². The summed E-state index contributed by atoms with van der Waals surface area (Å²) in [6, 6.07) is 18.9. The van der Waals surface area contributed by atoms with Gasteiger partial charge in [-0.05, 0) is 78.6 Å². The van der Waals surface area contributed by atoms with Crippen LogP contribution >= 0.6 is 0 Å². The number of Topliss-reactive ketones (excluding diaryl/α,β-unsaturated/α-hetero) is 1. The number of benzene rings is 4. The zero-order chi connectivity index (χ0) is 70.3. The molecule has 0 aliphatic heterocycles. The molecule has 0 aliphatic rings. The van der Waals surface area contributed by atoms with Crippen molar-refractivity contribution in [3.8, 4) is 0 Å². The zero-order valence-electron chi connectivity index (χ0n) is 56.1. The molecule has 0 aliphatic carbocycles. The smallest absolute Gasteiger partial charge is 0.289 e. The second-order valence-corrected chi connectivity index (χ2v) is 24.5. The third-order valence-electron chi connectivity index (χ3n) is 17.0. The molecular formula is C70H95N10O17+. The number of anilines is 1. The largest absolute Gasteiger partial charge is 0.377 e. The maximum Gasteiger partial charge on any atom is 0.289 e. The Morgan fingerprint density at radius 3 is 1.57 bits per heavy atom. The van der Waals surface area contributed by atoms with Gasteiger partial charge in [0, 0.05) is 76.6 Å². The molecule has 5 rings (SSSR count). The molecule has 97 heavy (non-hydrogen) atoms. The molecule has 0 bridgehead atoms. The number of nitrogens with one attached hydrogen (secondary N) is 2. The van der Waals surface area contributed by atoms with Gasteiger partial charge in [0.1, 0.15) is 29.8 Å². The van der Waals surface area contributed by atoms with Crippen molar-refractivity contribution < 1.29 is 58.0 Å². The average molecular weight is 1350 g/mol. The van der Waals surface area contributed by atoms with Crippen LogP contribution in [0.15, 0.2) is 79.1 Å². The number of carbonyl (C=O) groups excluding carboxylic acids is 3. The molecule has 0 fully saturated rings. The number of rotatable bonds is 52. The van der Waals surface area contributed by atoms with Gasteiger partial charge in [-0.3, -0.25) is 75.1 Å². The van der Waals surface area contributed by atoms with E-state index in [2.05, 4.69) is 107 Å². The van der Waals surface area contributed by atoms with E-state index in [0.717, 1.165) is 96.7 Å². The van der Waals surface area contributed by atoms with Crippen molar-refractivity contribution in [2.24, 2.45) is 0 Å². The summed E-state index contributed by atoms with van der Waals surface area (Å²) < 4.78 is 13.1. The SMILES string of the molecule is CCCCC[n+]1ccc(/C=C/c2ccc3cc(N(C)CCCCCCCCCCCCNC(=O)CCCCCCCCCCCCC(=O)COCCOCCNC(=O)CCc4c([N+](=O)[O-])cc([N+](=O)[O-])c(Cc5c([N+](=O)[O-])cc([N+](=O)[O-])cc5[N+](=O)[O-])c4[N+](=O)[O-])ccc3c2)cc1. The van der Waals surface area contributed by atoms with Crippen molar-refractivity contribution in [1.29, 1.82) is 0 Å². The number of pyridine rings is 1. The molecule has 2 N–H and O–H groups in total. The van der Waals surface area contributed by atoms with Crippen LogP contribution in [0.25, 0.3) is 22.9 Å². The number of carbonyl (C=O) groups is 3. The lowest BCUT2D eigenvalue weighted by molar-refractivity contribution is -0.697. The Bertz CT molecular complexity index is 3420. The number of unbranched alkanes of at least 4 members (excludes halogenated alkanes) is 20. The number of fused-ring (bicyclic) bond motifs is 1. The van der Waals surface area contributed by atoms with Gasteiger partial charge in [-0.15, -0.1) is 0 Å². The van der Waals surface area contributed by atoms with Crippen molar-refractivity contribution in [3.05, 3.63) is 168 Å². The van der Waals surface area contributed by atoms with E-state index >= 15 is 0 Å². The fourth-order valence-electron chi connectivity index (χ4n) is 11.6. The first-order valence-corrected chi connectivity index (χ1v) is 34.1. The quantitative estimate of drug-likeness (QED) is 0.0158. The van der Waals surface area contributed by atoms with Crippen molar-refractivity contribution in [1.82, 2.24) is 10.6 Å². The number of amides is 2. The summed E-state index contributed by atoms with van der Waals surface area (Å²) in [6.45, 7) is 5.07. The average Bonchev–Trinajstić information content (AvgIpc) is 0.771. The minimum absolute atomic E-state index is 0.0368. The second kappa shape index (κ2) is 43.8. The Balaban J connectivity index is 0.793. The summed E-state index contributed by atoms with van der Waals surface area (Å²) in [4.78, 5) is 104. The third-order valence-corrected chi connectivity index (χ3v) is 17.0. The van der Waals surface area contributed by atoms with Crippen LogP contribution in [0.4, 0.5) is 39.8 Å². The third kappa shape index (κ3) is 28.5. The molecule has 0 unspecified atom stereocenters. The minimum Gasteiger partial charge on any atom is -0.377 e. The van der Waals surface area contributed by atoms with E-state index in [4.69, 9.17) is 9.47 Å². The summed E-state index contributed by atoms with van der Waals surface area (Å²) in [5.74, 6) is -0.667. The van der Waals surface area contributed by atoms with E-state index in [0.29, 0.717) is 31.0 Å². The number of nitrogens with zero attached hydrogens (tertiary/aromatic N) is 8. The van der Waals surface area contributed by atoms with Crippen LogP contribution in [0.3, 0.4) is 0 Å². The molecule has 0 radical (unpaired) electrons. The highest BCUT2D eigenvalue weighted by Crippen LogP contribution is 2.44. The highest BCUT2D eigenvalue weighted by Gasteiger charge is 2.40. The number of hydrogen-bond donors (Lipinski definition) is 2. The normalized spacial score (nSPS) is 11.3. The van der Waals surface area contributed by atoms with Crippen molar-refractivity contribution in [2.45, 2.75) is 193 Å². The van der Waals surface area contributed by atoms with Gasteiger partial charge in [-0.25, -0.2) is 4.57 Å². The molecule has 27 heteroatoms. The molecule has 0 spiro atoms. The van der Waals surface area contributed by atoms with Gasteiger partial charge >= 0.3 is 0 Å². The topological polar surface area (TPSA) is 360 Å². The van der Waals surface area contributed by atoms with Crippen LogP contribution in [-0.4, -0.2) is 100 Å². The summed E-state index contributed by atoms with van der Waals surface area (Å²) in [7, 11) is 2.20. The lowest BCUT2D eigenvalue weighted by Gasteiger charge is -2.20. The van der Waals surface area contributed by atoms with Crippen LogP contribution < -0.4 is 20.1 Å². The van der Waals surface area contributed by atoms with Gasteiger partial charge in [-0.2, -0.15) is 0 Å². The Morgan fingerprint density at radius 1 is 0.474 bits per heavy atom. The molecule has 27 nitrogen and oxygen atoms in total. The number of aryl methyl sites for hydroxylation is 1. The molecule has 4 aromatic carbocycles. The fraction of sp³-hybridized carbons (Fsp3) is 0.543. The number of nitro groups is 6. The lowest BCUT2D eigenvalue weighted by Crippen LogP contribution is -2.32. The van der Waals surface area contributed by atoms with Crippen molar-refractivity contribution in [2.75, 3.05) is 58.0 Å². The molecule has 1 heterocycles. The van der Waals surface area contributed by atoms with E-state index in [9.17, 15) is 75.1 Å². The molecule has 2 amide bonds. The van der Waals surface area contributed by atoms with Gasteiger partial charge < -0.3 is 25.0 Å². The highest BCUT2D eigenvalue weighted by atomic mass is 16.7. The lowest BCUT2D eigenvalue weighted by atomic mass is 9.93. The predicted molar refractivity (Wildman–Crippen MR) is 370 cm³/mol. The molecule has 5 aromatic rings. The predicted octanol–water partition coefficient (Wildman–Crippen LogP) is 15.0. The van der Waals surface area contributed by atoms with Crippen LogP contribution in [0.5, 0.6) is 0 Å². The van der Waals surface area contributed by atoms with Crippen LogP contribution in [0, 0.1) is 60.7 Å². The maximum atomic E-state index is 12.7. The summed E-state index contributed by atoms with van der Waals surface area (Å²) in [5.41, 5.74) is -6.50. The van der Waals surface area contributed by atoms with Gasteiger partial charge in [0.25, 0.3) is 34.1 Å². The fourth-order valence-corrected chi connectivity index (χ4v) is 11.6. The standard InChI is InChI=1S/C70H94N10O17/c1-3-4-24-41-74-42-36-54(37-43-74)28-29-55-30-31-57-48-58(33-32-56(57)47-55)73(2)40-25-20-16-12-8-7-11-15-19-23-38-71-68(82)27-22-18-14-10-6-5-9-13-17-21-26-60(81)53-97-46-45-96-44-39-72-69(83)35-34-61-66(78(90)91)52-67(79(92)93)63(70(61)80(94)95)51-62-64(76(86)87)49-59(75(84)85)50-65(62)77(88)89/h28-33,36-37,42-43,47-50,52H,3-27,34-35,38-41,44-46,51,53H2,1-2H3,(H-,71,72,82,83)/p+1. The maximum absolute atomic E-state index is 12.7. The molecular weight excluding hydrogens is 1250 g/mol. The number of aromatic nitrogens is 1. The van der Waals surface area contributed by atoms with Gasteiger partial charge in [0.2, 0.25) is 11.8 Å². The Labute approximate surface area is 565 Å².